The quantitative estimate of drug-likeness (QED) is 0.607. The monoisotopic (exact) mass is 200 g/mol. The van der Waals surface area contributed by atoms with Crippen molar-refractivity contribution in [3.63, 3.8) is 0 Å². The standard InChI is InChI=1S/C11H24N2O/c1-3-5-9-13(11(14)4-2)10-7-6-8-12/h3-10,12H2,1-2H3. The summed E-state index contributed by atoms with van der Waals surface area (Å²) in [6.07, 6.45) is 4.91. The lowest BCUT2D eigenvalue weighted by Gasteiger charge is -2.21. The molecule has 84 valence electrons. The normalized spacial score (nSPS) is 10.2. The van der Waals surface area contributed by atoms with Crippen molar-refractivity contribution < 1.29 is 4.79 Å². The van der Waals surface area contributed by atoms with E-state index in [1.54, 1.807) is 0 Å². The molecule has 0 rings (SSSR count). The zero-order valence-electron chi connectivity index (χ0n) is 9.59. The number of nitrogens with two attached hydrogens (primary N) is 1. The minimum Gasteiger partial charge on any atom is -0.343 e. The Morgan fingerprint density at radius 1 is 1.14 bits per heavy atom. The van der Waals surface area contributed by atoms with Crippen LogP contribution in [0.1, 0.15) is 46.0 Å². The van der Waals surface area contributed by atoms with Gasteiger partial charge in [-0.15, -0.1) is 0 Å². The number of carbonyl (C=O) groups excluding carboxylic acids is 1. The molecule has 1 amide bonds. The van der Waals surface area contributed by atoms with Gasteiger partial charge in [0, 0.05) is 19.5 Å². The first-order valence-corrected chi connectivity index (χ1v) is 5.74. The van der Waals surface area contributed by atoms with E-state index in [1.165, 1.54) is 0 Å². The third-order valence-corrected chi connectivity index (χ3v) is 2.32. The van der Waals surface area contributed by atoms with Crippen molar-refractivity contribution in [1.29, 1.82) is 0 Å². The maximum absolute atomic E-state index is 11.5. The average Bonchev–Trinajstić information content (AvgIpc) is 2.22. The first-order valence-electron chi connectivity index (χ1n) is 5.74. The molecule has 0 aromatic rings. The van der Waals surface area contributed by atoms with Crippen molar-refractivity contribution in [1.82, 2.24) is 4.90 Å². The smallest absolute Gasteiger partial charge is 0.222 e. The molecule has 0 aromatic heterocycles. The number of hydrogen-bond donors (Lipinski definition) is 1. The molecule has 0 aliphatic carbocycles. The highest BCUT2D eigenvalue weighted by atomic mass is 16.2. The first-order chi connectivity index (χ1) is 6.76. The molecular formula is C11H24N2O. The Bertz CT molecular complexity index is 148. The highest BCUT2D eigenvalue weighted by Crippen LogP contribution is 2.01. The fourth-order valence-corrected chi connectivity index (χ4v) is 1.38. The lowest BCUT2D eigenvalue weighted by atomic mass is 10.2. The minimum absolute atomic E-state index is 0.274. The maximum Gasteiger partial charge on any atom is 0.222 e. The maximum atomic E-state index is 11.5. The lowest BCUT2D eigenvalue weighted by molar-refractivity contribution is -0.131. The molecule has 0 unspecified atom stereocenters. The molecule has 0 bridgehead atoms. The van der Waals surface area contributed by atoms with Gasteiger partial charge in [0.1, 0.15) is 0 Å². The van der Waals surface area contributed by atoms with Crippen LogP contribution in [-0.4, -0.2) is 30.4 Å². The summed E-state index contributed by atoms with van der Waals surface area (Å²) < 4.78 is 0. The van der Waals surface area contributed by atoms with Crippen LogP contribution in [0.25, 0.3) is 0 Å². The molecule has 3 heteroatoms. The summed E-state index contributed by atoms with van der Waals surface area (Å²) in [5.74, 6) is 0.274. The Kier molecular flexibility index (Phi) is 8.64. The van der Waals surface area contributed by atoms with Crippen LogP contribution in [0.15, 0.2) is 0 Å². The van der Waals surface area contributed by atoms with Crippen molar-refractivity contribution >= 4 is 5.91 Å². The Balaban J connectivity index is 3.78. The van der Waals surface area contributed by atoms with Gasteiger partial charge < -0.3 is 10.6 Å². The fourth-order valence-electron chi connectivity index (χ4n) is 1.38. The Morgan fingerprint density at radius 2 is 1.79 bits per heavy atom. The number of amides is 1. The van der Waals surface area contributed by atoms with Crippen molar-refractivity contribution in [2.45, 2.75) is 46.0 Å². The van der Waals surface area contributed by atoms with Gasteiger partial charge in [-0.25, -0.2) is 0 Å². The van der Waals surface area contributed by atoms with Crippen LogP contribution in [-0.2, 0) is 4.79 Å². The molecule has 0 saturated heterocycles. The second kappa shape index (κ2) is 9.00. The van der Waals surface area contributed by atoms with Crippen LogP contribution in [0.5, 0.6) is 0 Å². The largest absolute Gasteiger partial charge is 0.343 e. The van der Waals surface area contributed by atoms with Gasteiger partial charge in [-0.3, -0.25) is 4.79 Å². The second-order valence-electron chi connectivity index (χ2n) is 3.58. The predicted molar refractivity (Wildman–Crippen MR) is 60.1 cm³/mol. The third kappa shape index (κ3) is 5.97. The number of carbonyl (C=O) groups is 1. The summed E-state index contributed by atoms with van der Waals surface area (Å²) >= 11 is 0. The van der Waals surface area contributed by atoms with E-state index < -0.39 is 0 Å². The van der Waals surface area contributed by atoms with Crippen molar-refractivity contribution in [2.75, 3.05) is 19.6 Å². The van der Waals surface area contributed by atoms with E-state index in [2.05, 4.69) is 6.92 Å². The van der Waals surface area contributed by atoms with E-state index in [0.29, 0.717) is 6.42 Å². The van der Waals surface area contributed by atoms with Crippen LogP contribution in [0.3, 0.4) is 0 Å². The minimum atomic E-state index is 0.274. The van der Waals surface area contributed by atoms with Gasteiger partial charge in [0.2, 0.25) is 5.91 Å². The predicted octanol–water partition coefficient (Wildman–Crippen LogP) is 1.76. The van der Waals surface area contributed by atoms with Gasteiger partial charge in [0.15, 0.2) is 0 Å². The Morgan fingerprint density at radius 3 is 2.29 bits per heavy atom. The summed E-state index contributed by atoms with van der Waals surface area (Å²) in [5, 5.41) is 0. The number of nitrogens with zero attached hydrogens (tertiary/aromatic N) is 1. The van der Waals surface area contributed by atoms with E-state index in [4.69, 9.17) is 5.73 Å². The molecule has 14 heavy (non-hydrogen) atoms. The molecule has 2 N–H and O–H groups in total. The highest BCUT2D eigenvalue weighted by molar-refractivity contribution is 5.75. The van der Waals surface area contributed by atoms with Crippen molar-refractivity contribution in [3.8, 4) is 0 Å². The molecule has 0 saturated carbocycles. The molecule has 0 aliphatic heterocycles. The van der Waals surface area contributed by atoms with E-state index in [0.717, 1.165) is 45.3 Å². The van der Waals surface area contributed by atoms with E-state index >= 15 is 0 Å². The number of hydrogen-bond acceptors (Lipinski definition) is 2. The molecule has 0 aliphatic rings. The van der Waals surface area contributed by atoms with Crippen molar-refractivity contribution in [2.24, 2.45) is 5.73 Å². The van der Waals surface area contributed by atoms with Gasteiger partial charge in [-0.05, 0) is 25.8 Å². The Labute approximate surface area is 87.6 Å². The molecule has 0 spiro atoms. The van der Waals surface area contributed by atoms with Crippen LogP contribution in [0.2, 0.25) is 0 Å². The van der Waals surface area contributed by atoms with Gasteiger partial charge in [-0.1, -0.05) is 20.3 Å². The first kappa shape index (κ1) is 13.4. The van der Waals surface area contributed by atoms with Crippen LogP contribution in [0, 0.1) is 0 Å². The molecule has 0 fully saturated rings. The fraction of sp³-hybridized carbons (Fsp3) is 0.909. The Hall–Kier alpha value is -0.570. The molecule has 3 nitrogen and oxygen atoms in total. The summed E-state index contributed by atoms with van der Waals surface area (Å²) in [6.45, 7) is 6.58. The highest BCUT2D eigenvalue weighted by Gasteiger charge is 2.09. The zero-order valence-corrected chi connectivity index (χ0v) is 9.59. The molecule has 0 radical (unpaired) electrons. The van der Waals surface area contributed by atoms with Crippen LogP contribution < -0.4 is 5.73 Å². The summed E-state index contributed by atoms with van der Waals surface area (Å²) in [6, 6.07) is 0. The summed E-state index contributed by atoms with van der Waals surface area (Å²) in [4.78, 5) is 13.5. The third-order valence-electron chi connectivity index (χ3n) is 2.32. The van der Waals surface area contributed by atoms with Gasteiger partial charge >= 0.3 is 0 Å². The molecular weight excluding hydrogens is 176 g/mol. The van der Waals surface area contributed by atoms with Gasteiger partial charge in [0.25, 0.3) is 0 Å². The van der Waals surface area contributed by atoms with E-state index in [-0.39, 0.29) is 5.91 Å². The molecule has 0 atom stereocenters. The summed E-state index contributed by atoms with van der Waals surface area (Å²) in [7, 11) is 0. The number of unbranched alkanes of at least 4 members (excludes halogenated alkanes) is 2. The average molecular weight is 200 g/mol. The second-order valence-corrected chi connectivity index (χ2v) is 3.58. The van der Waals surface area contributed by atoms with Gasteiger partial charge in [-0.2, -0.15) is 0 Å². The van der Waals surface area contributed by atoms with E-state index in [9.17, 15) is 4.79 Å². The SMILES string of the molecule is CCCCN(CCCCN)C(=O)CC. The van der Waals surface area contributed by atoms with Gasteiger partial charge in [0.05, 0.1) is 0 Å². The van der Waals surface area contributed by atoms with Crippen LogP contribution in [0.4, 0.5) is 0 Å². The van der Waals surface area contributed by atoms with Crippen LogP contribution >= 0.6 is 0 Å². The molecule has 0 aromatic carbocycles. The topological polar surface area (TPSA) is 46.3 Å². The lowest BCUT2D eigenvalue weighted by Crippen LogP contribution is -2.32. The molecule has 0 heterocycles. The van der Waals surface area contributed by atoms with E-state index in [1.807, 2.05) is 11.8 Å². The zero-order chi connectivity index (χ0) is 10.8. The summed E-state index contributed by atoms with van der Waals surface area (Å²) in [5.41, 5.74) is 5.42. The van der Waals surface area contributed by atoms with Crippen molar-refractivity contribution in [3.05, 3.63) is 0 Å². The number of rotatable bonds is 8.